The average Bonchev–Trinajstić information content (AvgIpc) is 2.91. The number of rotatable bonds is 5. The zero-order valence-electron chi connectivity index (χ0n) is 13.7. The van der Waals surface area contributed by atoms with Crippen molar-refractivity contribution in [3.8, 4) is 11.3 Å². The third-order valence-electron chi connectivity index (χ3n) is 3.27. The number of halogens is 3. The maximum Gasteiger partial charge on any atom is 0.416 e. The van der Waals surface area contributed by atoms with E-state index in [1.165, 1.54) is 6.33 Å². The van der Waals surface area contributed by atoms with E-state index in [4.69, 9.17) is 4.74 Å². The molecule has 0 radical (unpaired) electrons. The van der Waals surface area contributed by atoms with Gasteiger partial charge in [-0.05, 0) is 44.5 Å². The van der Waals surface area contributed by atoms with Gasteiger partial charge in [-0.2, -0.15) is 13.2 Å². The van der Waals surface area contributed by atoms with Crippen LogP contribution >= 0.6 is 0 Å². The molecule has 0 unspecified atom stereocenters. The Hall–Kier alpha value is -2.31. The van der Waals surface area contributed by atoms with E-state index in [1.54, 1.807) is 37.6 Å². The minimum absolute atomic E-state index is 0.176. The first-order valence-electron chi connectivity index (χ1n) is 7.55. The second-order valence-corrected chi connectivity index (χ2v) is 5.87. The Morgan fingerprint density at radius 3 is 2.62 bits per heavy atom. The van der Waals surface area contributed by atoms with Crippen molar-refractivity contribution in [2.45, 2.75) is 46.0 Å². The highest BCUT2D eigenvalue weighted by molar-refractivity contribution is 5.69. The zero-order valence-corrected chi connectivity index (χ0v) is 13.7. The predicted octanol–water partition coefficient (Wildman–Crippen LogP) is 4.22. The normalized spacial score (nSPS) is 11.8. The molecule has 1 aromatic heterocycles. The lowest BCUT2D eigenvalue weighted by Crippen LogP contribution is -2.13. The molecule has 0 saturated heterocycles. The molecule has 2 rings (SSSR count). The van der Waals surface area contributed by atoms with Crippen LogP contribution in [0.2, 0.25) is 0 Å². The summed E-state index contributed by atoms with van der Waals surface area (Å²) >= 11 is 0. The SMILES string of the molecule is Cc1cc(-c2cn(CCC(=O)OC(C)C)cn2)cc(C(F)(F)F)c1. The monoisotopic (exact) mass is 340 g/mol. The number of nitrogens with zero attached hydrogens (tertiary/aromatic N) is 2. The summed E-state index contributed by atoms with van der Waals surface area (Å²) in [6.45, 7) is 5.50. The van der Waals surface area contributed by atoms with Gasteiger partial charge >= 0.3 is 12.1 Å². The van der Waals surface area contributed by atoms with Crippen LogP contribution in [0.5, 0.6) is 0 Å². The lowest BCUT2D eigenvalue weighted by atomic mass is 10.0. The number of imidazole rings is 1. The Morgan fingerprint density at radius 2 is 2.00 bits per heavy atom. The Kier molecular flexibility index (Phi) is 5.31. The summed E-state index contributed by atoms with van der Waals surface area (Å²) in [6.07, 6.45) is -1.28. The molecule has 24 heavy (non-hydrogen) atoms. The van der Waals surface area contributed by atoms with Crippen molar-refractivity contribution < 1.29 is 22.7 Å². The van der Waals surface area contributed by atoms with Gasteiger partial charge in [0.15, 0.2) is 0 Å². The fraction of sp³-hybridized carbons (Fsp3) is 0.412. The first-order valence-corrected chi connectivity index (χ1v) is 7.55. The third kappa shape index (κ3) is 4.84. The quantitative estimate of drug-likeness (QED) is 0.766. The van der Waals surface area contributed by atoms with Crippen LogP contribution in [0.1, 0.15) is 31.4 Å². The standard InChI is InChI=1S/C17H19F3N2O2/c1-11(2)24-16(23)4-5-22-9-15(21-10-22)13-6-12(3)7-14(8-13)17(18,19)20/h6-11H,4-5H2,1-3H3. The highest BCUT2D eigenvalue weighted by atomic mass is 19.4. The largest absolute Gasteiger partial charge is 0.463 e. The summed E-state index contributed by atoms with van der Waals surface area (Å²) in [5, 5.41) is 0. The summed E-state index contributed by atoms with van der Waals surface area (Å²) in [5.41, 5.74) is 0.634. The van der Waals surface area contributed by atoms with Crippen LogP contribution in [-0.2, 0) is 22.3 Å². The van der Waals surface area contributed by atoms with Crippen molar-refractivity contribution in [1.82, 2.24) is 9.55 Å². The highest BCUT2D eigenvalue weighted by Gasteiger charge is 2.31. The summed E-state index contributed by atoms with van der Waals surface area (Å²) < 4.78 is 45.4. The second-order valence-electron chi connectivity index (χ2n) is 5.87. The molecule has 7 heteroatoms. The third-order valence-corrected chi connectivity index (χ3v) is 3.27. The first kappa shape index (κ1) is 18.0. The fourth-order valence-corrected chi connectivity index (χ4v) is 2.27. The number of aryl methyl sites for hydroxylation is 2. The lowest BCUT2D eigenvalue weighted by Gasteiger charge is -2.09. The van der Waals surface area contributed by atoms with Crippen molar-refractivity contribution >= 4 is 5.97 Å². The summed E-state index contributed by atoms with van der Waals surface area (Å²) in [6, 6.07) is 3.82. The number of carbonyl (C=O) groups is 1. The van der Waals surface area contributed by atoms with Gasteiger partial charge in [-0.1, -0.05) is 0 Å². The van der Waals surface area contributed by atoms with Crippen LogP contribution in [0.3, 0.4) is 0 Å². The molecule has 0 atom stereocenters. The van der Waals surface area contributed by atoms with Gasteiger partial charge in [-0.15, -0.1) is 0 Å². The molecule has 0 fully saturated rings. The lowest BCUT2D eigenvalue weighted by molar-refractivity contribution is -0.147. The summed E-state index contributed by atoms with van der Waals surface area (Å²) in [7, 11) is 0. The number of benzene rings is 1. The molecule has 1 heterocycles. The predicted molar refractivity (Wildman–Crippen MR) is 83.2 cm³/mol. The molecular formula is C17H19F3N2O2. The maximum atomic E-state index is 12.9. The van der Waals surface area contributed by atoms with Crippen molar-refractivity contribution in [1.29, 1.82) is 0 Å². The van der Waals surface area contributed by atoms with Crippen molar-refractivity contribution in [2.75, 3.05) is 0 Å². The van der Waals surface area contributed by atoms with Gasteiger partial charge < -0.3 is 9.30 Å². The van der Waals surface area contributed by atoms with Gasteiger partial charge in [0.05, 0.1) is 30.1 Å². The van der Waals surface area contributed by atoms with Gasteiger partial charge in [0, 0.05) is 18.3 Å². The van der Waals surface area contributed by atoms with Crippen LogP contribution in [0.15, 0.2) is 30.7 Å². The Balaban J connectivity index is 2.13. The molecular weight excluding hydrogens is 321 g/mol. The Labute approximate surface area is 138 Å². The number of esters is 1. The van der Waals surface area contributed by atoms with E-state index in [1.807, 2.05) is 0 Å². The van der Waals surface area contributed by atoms with Crippen molar-refractivity contribution in [3.63, 3.8) is 0 Å². The number of aromatic nitrogens is 2. The van der Waals surface area contributed by atoms with E-state index < -0.39 is 11.7 Å². The summed E-state index contributed by atoms with van der Waals surface area (Å²) in [5.74, 6) is -0.324. The number of alkyl halides is 3. The molecule has 0 aliphatic rings. The second kappa shape index (κ2) is 7.07. The first-order chi connectivity index (χ1) is 11.1. The molecule has 1 aromatic carbocycles. The van der Waals surface area contributed by atoms with E-state index in [0.717, 1.165) is 12.1 Å². The number of hydrogen-bond acceptors (Lipinski definition) is 3. The van der Waals surface area contributed by atoms with Crippen LogP contribution in [0.25, 0.3) is 11.3 Å². The molecule has 0 bridgehead atoms. The van der Waals surface area contributed by atoms with E-state index in [-0.39, 0.29) is 18.5 Å². The van der Waals surface area contributed by atoms with Gasteiger partial charge in [0.25, 0.3) is 0 Å². The van der Waals surface area contributed by atoms with Gasteiger partial charge in [-0.3, -0.25) is 4.79 Å². The van der Waals surface area contributed by atoms with Crippen molar-refractivity contribution in [3.05, 3.63) is 41.9 Å². The maximum absolute atomic E-state index is 12.9. The van der Waals surface area contributed by atoms with Crippen LogP contribution in [0, 0.1) is 6.92 Å². The van der Waals surface area contributed by atoms with E-state index in [0.29, 0.717) is 23.4 Å². The zero-order chi connectivity index (χ0) is 17.9. The average molecular weight is 340 g/mol. The topological polar surface area (TPSA) is 44.1 Å². The van der Waals surface area contributed by atoms with Gasteiger partial charge in [0.1, 0.15) is 0 Å². The molecule has 0 spiro atoms. The number of hydrogen-bond donors (Lipinski definition) is 0. The fourth-order valence-electron chi connectivity index (χ4n) is 2.27. The summed E-state index contributed by atoms with van der Waals surface area (Å²) in [4.78, 5) is 15.7. The highest BCUT2D eigenvalue weighted by Crippen LogP contribution is 2.32. The van der Waals surface area contributed by atoms with Gasteiger partial charge in [-0.25, -0.2) is 4.98 Å². The van der Waals surface area contributed by atoms with Crippen LogP contribution < -0.4 is 0 Å². The van der Waals surface area contributed by atoms with E-state index in [2.05, 4.69) is 4.98 Å². The van der Waals surface area contributed by atoms with E-state index >= 15 is 0 Å². The molecule has 0 aliphatic heterocycles. The molecule has 2 aromatic rings. The molecule has 0 aliphatic carbocycles. The van der Waals surface area contributed by atoms with Crippen LogP contribution in [0.4, 0.5) is 13.2 Å². The Bertz CT molecular complexity index is 721. The molecule has 0 amide bonds. The minimum Gasteiger partial charge on any atom is -0.463 e. The smallest absolute Gasteiger partial charge is 0.416 e. The van der Waals surface area contributed by atoms with Crippen molar-refractivity contribution in [2.24, 2.45) is 0 Å². The number of ether oxygens (including phenoxy) is 1. The molecule has 4 nitrogen and oxygen atoms in total. The Morgan fingerprint density at radius 1 is 1.29 bits per heavy atom. The minimum atomic E-state index is -4.40. The number of carbonyl (C=O) groups excluding carboxylic acids is 1. The van der Waals surface area contributed by atoms with Crippen LogP contribution in [-0.4, -0.2) is 21.6 Å². The molecule has 0 saturated carbocycles. The van der Waals surface area contributed by atoms with Gasteiger partial charge in [0.2, 0.25) is 0 Å². The van der Waals surface area contributed by atoms with E-state index in [9.17, 15) is 18.0 Å². The molecule has 0 N–H and O–H groups in total. The molecule has 130 valence electrons.